The van der Waals surface area contributed by atoms with Crippen LogP contribution >= 0.6 is 23.5 Å². The van der Waals surface area contributed by atoms with Crippen molar-refractivity contribution < 1.29 is 30.0 Å². The van der Waals surface area contributed by atoms with E-state index in [-0.39, 0.29) is 46.7 Å². The van der Waals surface area contributed by atoms with Gasteiger partial charge in [-0.1, -0.05) is 257 Å². The summed E-state index contributed by atoms with van der Waals surface area (Å²) in [6.07, 6.45) is 46.8. The van der Waals surface area contributed by atoms with Crippen molar-refractivity contribution in [1.82, 2.24) is 20.4 Å². The lowest BCUT2D eigenvalue weighted by Crippen LogP contribution is -2.55. The molecule has 0 aromatic heterocycles. The highest BCUT2D eigenvalue weighted by Crippen LogP contribution is 2.19. The van der Waals surface area contributed by atoms with E-state index in [4.69, 9.17) is 0 Å². The Labute approximate surface area is 479 Å². The number of nitrogens with one attached hydrogen (secondary N) is 2. The van der Waals surface area contributed by atoms with Gasteiger partial charge in [-0.15, -0.1) is 0 Å². The lowest BCUT2D eigenvalue weighted by atomic mass is 10.0. The molecule has 452 valence electrons. The van der Waals surface area contributed by atoms with E-state index >= 15 is 0 Å². The molecule has 6 unspecified atom stereocenters. The Balaban J connectivity index is 2.41. The van der Waals surface area contributed by atoms with Crippen LogP contribution in [0.2, 0.25) is 0 Å². The van der Waals surface area contributed by atoms with Gasteiger partial charge in [-0.3, -0.25) is 19.4 Å². The summed E-state index contributed by atoms with van der Waals surface area (Å²) in [7, 11) is 0. The van der Waals surface area contributed by atoms with E-state index in [1.165, 1.54) is 203 Å². The highest BCUT2D eigenvalue weighted by molar-refractivity contribution is 8.13. The van der Waals surface area contributed by atoms with E-state index in [1.54, 1.807) is 0 Å². The maximum absolute atomic E-state index is 13.0. The molecule has 0 radical (unpaired) electrons. The fraction of sp³-hybridized carbons (Fsp3) is 0.969. The topological polar surface area (TPSA) is 146 Å². The number of hydrogen-bond acceptors (Lipinski definition) is 12. The van der Waals surface area contributed by atoms with Gasteiger partial charge in [0.05, 0.1) is 24.4 Å². The summed E-state index contributed by atoms with van der Waals surface area (Å²) >= 11 is 2.86. The summed E-state index contributed by atoms with van der Waals surface area (Å²) in [5, 5.41) is 51.5. The maximum Gasteiger partial charge on any atom is 0.190 e. The molecule has 1 aliphatic rings. The van der Waals surface area contributed by atoms with Crippen LogP contribution in [0.1, 0.15) is 297 Å². The van der Waals surface area contributed by atoms with Crippen molar-refractivity contribution in [1.29, 1.82) is 0 Å². The van der Waals surface area contributed by atoms with Crippen LogP contribution in [0, 0.1) is 0 Å². The number of aliphatic hydroxyl groups excluding tert-OH is 4. The summed E-state index contributed by atoms with van der Waals surface area (Å²) < 4.78 is 0. The minimum absolute atomic E-state index is 0.0696. The number of hydrogen-bond donors (Lipinski definition) is 6. The fourth-order valence-corrected chi connectivity index (χ4v) is 12.7. The van der Waals surface area contributed by atoms with Gasteiger partial charge in [0.1, 0.15) is 0 Å². The molecule has 6 N–H and O–H groups in total. The molecule has 0 spiro atoms. The highest BCUT2D eigenvalue weighted by Gasteiger charge is 2.24. The Morgan fingerprint density at radius 2 is 0.605 bits per heavy atom. The molecule has 12 heteroatoms. The minimum Gasteiger partial charge on any atom is -0.392 e. The largest absolute Gasteiger partial charge is 0.392 e. The number of nitrogens with zero attached hydrogens (tertiary/aromatic N) is 2. The zero-order chi connectivity index (χ0) is 55.4. The molecule has 1 aliphatic heterocycles. The van der Waals surface area contributed by atoms with Gasteiger partial charge in [0.2, 0.25) is 0 Å². The molecule has 0 aromatic carbocycles. The van der Waals surface area contributed by atoms with Gasteiger partial charge in [0, 0.05) is 75.7 Å². The molecular formula is C64H128N4O6S2. The monoisotopic (exact) mass is 1110 g/mol. The SMILES string of the molecule is CCCCCCCCCCC(O)CN(CCCCSC(=O)CC1CNC(CC(=O)SCCCCN(CC(O)CCCCCCCCCC)CC(O)CCCCCCCCCC)CN1)CC(O)CCCCCCCCCC. The first-order chi connectivity index (χ1) is 37.1. The molecule has 1 heterocycles. The van der Waals surface area contributed by atoms with Crippen LogP contribution in [0.5, 0.6) is 0 Å². The zero-order valence-corrected chi connectivity index (χ0v) is 52.2. The number of piperazine rings is 1. The van der Waals surface area contributed by atoms with E-state index in [9.17, 15) is 30.0 Å². The van der Waals surface area contributed by atoms with Crippen molar-refractivity contribution in [3.63, 3.8) is 0 Å². The predicted octanol–water partition coefficient (Wildman–Crippen LogP) is 14.9. The lowest BCUT2D eigenvalue weighted by Gasteiger charge is -2.30. The second-order valence-electron chi connectivity index (χ2n) is 23.7. The molecule has 1 fully saturated rings. The van der Waals surface area contributed by atoms with Crippen molar-refractivity contribution >= 4 is 33.8 Å². The number of thioether (sulfide) groups is 2. The predicted molar refractivity (Wildman–Crippen MR) is 332 cm³/mol. The molecule has 0 aromatic rings. The second-order valence-corrected chi connectivity index (χ2v) is 26.0. The van der Waals surface area contributed by atoms with Crippen molar-refractivity contribution in [3.8, 4) is 0 Å². The molecule has 0 aliphatic carbocycles. The number of carbonyl (C=O) groups is 2. The lowest BCUT2D eigenvalue weighted by molar-refractivity contribution is -0.112. The minimum atomic E-state index is -0.367. The highest BCUT2D eigenvalue weighted by atomic mass is 32.2. The third-order valence-corrected chi connectivity index (χ3v) is 17.8. The summed E-state index contributed by atoms with van der Waals surface area (Å²) in [6, 6.07) is 0.139. The van der Waals surface area contributed by atoms with Gasteiger partial charge in [0.15, 0.2) is 10.2 Å². The molecule has 6 atom stereocenters. The van der Waals surface area contributed by atoms with Crippen LogP contribution in [-0.2, 0) is 9.59 Å². The molecule has 10 nitrogen and oxygen atoms in total. The van der Waals surface area contributed by atoms with Crippen molar-refractivity contribution in [3.05, 3.63) is 0 Å². The van der Waals surface area contributed by atoms with Gasteiger partial charge in [-0.2, -0.15) is 0 Å². The van der Waals surface area contributed by atoms with Gasteiger partial charge in [0.25, 0.3) is 0 Å². The molecular weight excluding hydrogens is 985 g/mol. The molecule has 76 heavy (non-hydrogen) atoms. The van der Waals surface area contributed by atoms with Crippen molar-refractivity contribution in [2.75, 3.05) is 63.9 Å². The molecule has 0 saturated carbocycles. The number of carbonyl (C=O) groups excluding carboxylic acids is 2. The average Bonchev–Trinajstić information content (AvgIpc) is 3.39. The second kappa shape index (κ2) is 55.3. The van der Waals surface area contributed by atoms with E-state index in [0.29, 0.717) is 52.1 Å². The Bertz CT molecular complexity index is 1100. The first kappa shape index (κ1) is 73.7. The molecule has 1 saturated heterocycles. The third-order valence-electron chi connectivity index (χ3n) is 15.8. The van der Waals surface area contributed by atoms with E-state index in [1.807, 2.05) is 0 Å². The van der Waals surface area contributed by atoms with Gasteiger partial charge >= 0.3 is 0 Å². The summed E-state index contributed by atoms with van der Waals surface area (Å²) in [6.45, 7) is 14.5. The Kier molecular flexibility index (Phi) is 53.6. The maximum atomic E-state index is 13.0. The van der Waals surface area contributed by atoms with Crippen LogP contribution < -0.4 is 10.6 Å². The Hall–Kier alpha value is -0.280. The summed E-state index contributed by atoms with van der Waals surface area (Å²) in [5.41, 5.74) is 0. The van der Waals surface area contributed by atoms with Gasteiger partial charge < -0.3 is 31.1 Å². The average molecular weight is 1110 g/mol. The summed E-state index contributed by atoms with van der Waals surface area (Å²) in [4.78, 5) is 30.6. The first-order valence-corrected chi connectivity index (χ1v) is 35.0. The van der Waals surface area contributed by atoms with Crippen LogP contribution in [0.3, 0.4) is 0 Å². The van der Waals surface area contributed by atoms with E-state index < -0.39 is 0 Å². The standard InChI is InChI=1S/C64H128N4O6S2/c1-5-9-13-17-21-25-29-33-41-59(69)53-67(54-60(70)42-34-30-26-22-18-14-10-6-2)45-37-39-47-75-63(73)49-57-51-66-58(52-65-57)50-64(74)76-48-40-38-46-68(55-61(71)43-35-31-27-23-19-15-11-7-3)56-62(72)44-36-32-28-24-20-16-12-8-4/h57-62,65-66,69-72H,5-56H2,1-4H3. The van der Waals surface area contributed by atoms with Crippen LogP contribution in [0.4, 0.5) is 0 Å². The van der Waals surface area contributed by atoms with Gasteiger partial charge in [-0.25, -0.2) is 0 Å². The number of aliphatic hydroxyl groups is 4. The smallest absolute Gasteiger partial charge is 0.190 e. The van der Waals surface area contributed by atoms with Crippen molar-refractivity contribution in [2.24, 2.45) is 0 Å². The quantitative estimate of drug-likeness (QED) is 0.0323. The molecule has 0 bridgehead atoms. The zero-order valence-electron chi connectivity index (χ0n) is 50.5. The van der Waals surface area contributed by atoms with Crippen molar-refractivity contribution in [2.45, 2.75) is 334 Å². The van der Waals surface area contributed by atoms with Crippen LogP contribution in [-0.4, -0.2) is 141 Å². The van der Waals surface area contributed by atoms with Crippen LogP contribution in [0.25, 0.3) is 0 Å². The van der Waals surface area contributed by atoms with E-state index in [0.717, 1.165) is 102 Å². The van der Waals surface area contributed by atoms with Crippen LogP contribution in [0.15, 0.2) is 0 Å². The number of unbranched alkanes of at least 4 members (excludes halogenated alkanes) is 30. The van der Waals surface area contributed by atoms with E-state index in [2.05, 4.69) is 48.1 Å². The third kappa shape index (κ3) is 48.4. The molecule has 1 rings (SSSR count). The normalized spacial score (nSPS) is 16.7. The summed E-state index contributed by atoms with van der Waals surface area (Å²) in [5.74, 6) is 1.56. The fourth-order valence-electron chi connectivity index (χ4n) is 10.9. The van der Waals surface area contributed by atoms with Gasteiger partial charge in [-0.05, 0) is 64.5 Å². The molecule has 0 amide bonds. The Morgan fingerprint density at radius 3 is 0.842 bits per heavy atom. The first-order valence-electron chi connectivity index (χ1n) is 33.0. The Morgan fingerprint density at radius 1 is 0.368 bits per heavy atom. The number of rotatable bonds is 58.